The SMILES string of the molecule is CCC(C)C(N)C(=O)NC(CS)C(=O)NC(CC(C)C)C(=O)NC(CCCN=C(N)N)C(=O)O. The van der Waals surface area contributed by atoms with Gasteiger partial charge in [0.15, 0.2) is 5.96 Å². The van der Waals surface area contributed by atoms with Crippen LogP contribution in [0.1, 0.15) is 53.4 Å². The molecule has 0 rings (SSSR count). The van der Waals surface area contributed by atoms with Gasteiger partial charge in [-0.3, -0.25) is 19.4 Å². The summed E-state index contributed by atoms with van der Waals surface area (Å²) in [6, 6.07) is -3.98. The molecule has 0 saturated heterocycles. The molecule has 3 amide bonds. The molecule has 13 heteroatoms. The summed E-state index contributed by atoms with van der Waals surface area (Å²) in [6.45, 7) is 7.68. The zero-order valence-electron chi connectivity index (χ0n) is 20.4. The van der Waals surface area contributed by atoms with Gasteiger partial charge in [0.25, 0.3) is 0 Å². The van der Waals surface area contributed by atoms with Gasteiger partial charge in [0.2, 0.25) is 17.7 Å². The van der Waals surface area contributed by atoms with Crippen LogP contribution in [0.2, 0.25) is 0 Å². The maximum Gasteiger partial charge on any atom is 0.326 e. The maximum absolute atomic E-state index is 12.9. The molecule has 34 heavy (non-hydrogen) atoms. The number of thiol groups is 1. The van der Waals surface area contributed by atoms with E-state index in [1.54, 1.807) is 0 Å². The fourth-order valence-corrected chi connectivity index (χ4v) is 3.24. The van der Waals surface area contributed by atoms with Gasteiger partial charge in [0.05, 0.1) is 6.04 Å². The molecule has 0 aromatic heterocycles. The summed E-state index contributed by atoms with van der Waals surface area (Å²) in [4.78, 5) is 53.4. The van der Waals surface area contributed by atoms with Crippen LogP contribution in [0.25, 0.3) is 0 Å². The van der Waals surface area contributed by atoms with Crippen molar-refractivity contribution in [3.8, 4) is 0 Å². The molecule has 12 nitrogen and oxygen atoms in total. The van der Waals surface area contributed by atoms with E-state index in [-0.39, 0.29) is 42.9 Å². The van der Waals surface area contributed by atoms with E-state index in [2.05, 4.69) is 33.6 Å². The molecule has 0 bridgehead atoms. The number of carboxylic acid groups (broad SMARTS) is 1. The van der Waals surface area contributed by atoms with Crippen molar-refractivity contribution in [2.24, 2.45) is 34.0 Å². The smallest absolute Gasteiger partial charge is 0.326 e. The zero-order chi connectivity index (χ0) is 26.4. The first-order chi connectivity index (χ1) is 15.8. The third-order valence-corrected chi connectivity index (χ3v) is 5.64. The minimum atomic E-state index is -1.22. The van der Waals surface area contributed by atoms with Crippen molar-refractivity contribution in [3.05, 3.63) is 0 Å². The molecule has 0 aliphatic heterocycles. The number of aliphatic carboxylic acids is 1. The van der Waals surface area contributed by atoms with Gasteiger partial charge in [-0.15, -0.1) is 0 Å². The van der Waals surface area contributed by atoms with Crippen LogP contribution in [0, 0.1) is 11.8 Å². The fraction of sp³-hybridized carbons (Fsp3) is 0.762. The van der Waals surface area contributed by atoms with Crippen molar-refractivity contribution in [2.75, 3.05) is 12.3 Å². The molecule has 0 spiro atoms. The standard InChI is InChI=1S/C21H41N7O5S/c1-5-12(4)16(22)19(31)28-15(10-34)18(30)27-14(9-11(2)3)17(29)26-13(20(32)33)7-6-8-25-21(23)24/h11-16,34H,5-10,22H2,1-4H3,(H,26,29)(H,27,30)(H,28,31)(H,32,33)(H4,23,24,25). The van der Waals surface area contributed by atoms with Crippen LogP contribution in [0.4, 0.5) is 0 Å². The van der Waals surface area contributed by atoms with Gasteiger partial charge in [0.1, 0.15) is 18.1 Å². The van der Waals surface area contributed by atoms with Crippen molar-refractivity contribution >= 4 is 42.3 Å². The highest BCUT2D eigenvalue weighted by Gasteiger charge is 2.30. The van der Waals surface area contributed by atoms with Crippen LogP contribution in [-0.4, -0.2) is 71.2 Å². The molecular weight excluding hydrogens is 462 g/mol. The predicted octanol–water partition coefficient (Wildman–Crippen LogP) is -1.07. The maximum atomic E-state index is 12.9. The molecule has 0 aromatic rings. The monoisotopic (exact) mass is 503 g/mol. The van der Waals surface area contributed by atoms with Gasteiger partial charge in [0, 0.05) is 12.3 Å². The number of rotatable bonds is 16. The average molecular weight is 504 g/mol. The van der Waals surface area contributed by atoms with E-state index in [0.29, 0.717) is 12.8 Å². The largest absolute Gasteiger partial charge is 0.480 e. The Balaban J connectivity index is 5.27. The third-order valence-electron chi connectivity index (χ3n) is 5.28. The summed E-state index contributed by atoms with van der Waals surface area (Å²) in [7, 11) is 0. The molecule has 0 aliphatic carbocycles. The van der Waals surface area contributed by atoms with Gasteiger partial charge in [-0.1, -0.05) is 34.1 Å². The molecule has 0 saturated carbocycles. The number of nitrogens with zero attached hydrogens (tertiary/aromatic N) is 1. The number of nitrogens with one attached hydrogen (secondary N) is 3. The van der Waals surface area contributed by atoms with E-state index < -0.39 is 47.9 Å². The Morgan fingerprint density at radius 2 is 1.47 bits per heavy atom. The normalized spacial score (nSPS) is 15.4. The van der Waals surface area contributed by atoms with Gasteiger partial charge in [-0.25, -0.2) is 4.79 Å². The van der Waals surface area contributed by atoms with Crippen LogP contribution in [0.5, 0.6) is 0 Å². The Bertz CT molecular complexity index is 716. The lowest BCUT2D eigenvalue weighted by Gasteiger charge is -2.26. The molecule has 0 fully saturated rings. The van der Waals surface area contributed by atoms with Crippen LogP contribution in [-0.2, 0) is 19.2 Å². The lowest BCUT2D eigenvalue weighted by Crippen LogP contribution is -2.58. The second kappa shape index (κ2) is 16.1. The van der Waals surface area contributed by atoms with Gasteiger partial charge in [-0.2, -0.15) is 12.6 Å². The summed E-state index contributed by atoms with van der Waals surface area (Å²) in [5.41, 5.74) is 16.4. The molecule has 0 aliphatic rings. The van der Waals surface area contributed by atoms with E-state index in [1.165, 1.54) is 0 Å². The lowest BCUT2D eigenvalue weighted by atomic mass is 9.99. The first-order valence-corrected chi connectivity index (χ1v) is 12.0. The van der Waals surface area contributed by atoms with E-state index in [0.717, 1.165) is 0 Å². The number of hydrogen-bond acceptors (Lipinski definition) is 7. The van der Waals surface area contributed by atoms with Crippen molar-refractivity contribution in [1.82, 2.24) is 16.0 Å². The quantitative estimate of drug-likeness (QED) is 0.0560. The Morgan fingerprint density at radius 1 is 0.941 bits per heavy atom. The average Bonchev–Trinajstić information content (AvgIpc) is 2.76. The van der Waals surface area contributed by atoms with Crippen LogP contribution in [0.15, 0.2) is 4.99 Å². The van der Waals surface area contributed by atoms with Crippen molar-refractivity contribution < 1.29 is 24.3 Å². The van der Waals surface area contributed by atoms with E-state index in [9.17, 15) is 24.3 Å². The first-order valence-electron chi connectivity index (χ1n) is 11.4. The number of guanidine groups is 1. The highest BCUT2D eigenvalue weighted by Crippen LogP contribution is 2.09. The number of carbonyl (C=O) groups is 4. The van der Waals surface area contributed by atoms with Crippen molar-refractivity contribution in [2.45, 2.75) is 77.5 Å². The summed E-state index contributed by atoms with van der Waals surface area (Å²) >= 11 is 4.14. The highest BCUT2D eigenvalue weighted by atomic mass is 32.1. The summed E-state index contributed by atoms with van der Waals surface area (Å²) < 4.78 is 0. The molecular formula is C21H41N7O5S. The minimum absolute atomic E-state index is 0.0106. The Morgan fingerprint density at radius 3 is 1.94 bits per heavy atom. The number of carboxylic acids is 1. The minimum Gasteiger partial charge on any atom is -0.480 e. The molecule has 5 unspecified atom stereocenters. The van der Waals surface area contributed by atoms with Crippen molar-refractivity contribution in [1.29, 1.82) is 0 Å². The topological polar surface area (TPSA) is 215 Å². The molecule has 0 heterocycles. The molecule has 0 aromatic carbocycles. The van der Waals surface area contributed by atoms with E-state index in [4.69, 9.17) is 17.2 Å². The second-order valence-electron chi connectivity index (χ2n) is 8.69. The number of carbonyl (C=O) groups excluding carboxylic acids is 3. The number of nitrogens with two attached hydrogens (primary N) is 3. The third kappa shape index (κ3) is 12.1. The Kier molecular flexibility index (Phi) is 14.9. The van der Waals surface area contributed by atoms with E-state index in [1.807, 2.05) is 27.7 Å². The Hall–Kier alpha value is -2.54. The van der Waals surface area contributed by atoms with Crippen LogP contribution < -0.4 is 33.2 Å². The van der Waals surface area contributed by atoms with Crippen LogP contribution >= 0.6 is 12.6 Å². The fourth-order valence-electron chi connectivity index (χ4n) is 2.98. The van der Waals surface area contributed by atoms with E-state index >= 15 is 0 Å². The summed E-state index contributed by atoms with van der Waals surface area (Å²) in [5.74, 6) is -3.13. The van der Waals surface area contributed by atoms with Crippen LogP contribution in [0.3, 0.4) is 0 Å². The highest BCUT2D eigenvalue weighted by molar-refractivity contribution is 7.80. The van der Waals surface area contributed by atoms with Gasteiger partial charge >= 0.3 is 5.97 Å². The summed E-state index contributed by atoms with van der Waals surface area (Å²) in [6.07, 6.45) is 1.39. The molecule has 196 valence electrons. The first kappa shape index (κ1) is 31.5. The second-order valence-corrected chi connectivity index (χ2v) is 9.06. The van der Waals surface area contributed by atoms with Crippen molar-refractivity contribution in [3.63, 3.8) is 0 Å². The molecule has 0 radical (unpaired) electrons. The zero-order valence-corrected chi connectivity index (χ0v) is 21.3. The summed E-state index contributed by atoms with van der Waals surface area (Å²) in [5, 5.41) is 17.1. The molecule has 5 atom stereocenters. The van der Waals surface area contributed by atoms with Gasteiger partial charge < -0.3 is 38.3 Å². The number of amides is 3. The van der Waals surface area contributed by atoms with Gasteiger partial charge in [-0.05, 0) is 31.1 Å². The predicted molar refractivity (Wildman–Crippen MR) is 134 cm³/mol. The number of hydrogen-bond donors (Lipinski definition) is 8. The molecule has 10 N–H and O–H groups in total. The number of aliphatic imine (C=N–C) groups is 1. The Labute approximate surface area is 206 Å². The lowest BCUT2D eigenvalue weighted by molar-refractivity contribution is -0.142.